The second kappa shape index (κ2) is 8.98. The Hall–Kier alpha value is -2.70. The molecule has 2 aromatic heterocycles. The van der Waals surface area contributed by atoms with Gasteiger partial charge in [-0.2, -0.15) is 0 Å². The van der Waals surface area contributed by atoms with E-state index < -0.39 is 0 Å². The number of ether oxygens (including phenoxy) is 1. The van der Waals surface area contributed by atoms with E-state index in [-0.39, 0.29) is 0 Å². The molecule has 0 bridgehead atoms. The Kier molecular flexibility index (Phi) is 6.16. The number of piperazine rings is 1. The fourth-order valence-corrected chi connectivity index (χ4v) is 3.92. The van der Waals surface area contributed by atoms with Crippen LogP contribution in [0.2, 0.25) is 0 Å². The van der Waals surface area contributed by atoms with Crippen LogP contribution in [-0.4, -0.2) is 53.1 Å². The molecule has 3 aromatic rings. The van der Waals surface area contributed by atoms with E-state index in [4.69, 9.17) is 14.1 Å². The van der Waals surface area contributed by atoms with E-state index in [1.54, 1.807) is 7.11 Å². The summed E-state index contributed by atoms with van der Waals surface area (Å²) in [6.45, 7) is 12.0. The number of benzene rings is 1. The molecule has 1 aliphatic heterocycles. The lowest BCUT2D eigenvalue weighted by Crippen LogP contribution is -2.45. The first-order valence-corrected chi connectivity index (χ1v) is 10.5. The van der Waals surface area contributed by atoms with Gasteiger partial charge in [-0.05, 0) is 56.2 Å². The number of methoxy groups -OCH3 is 1. The van der Waals surface area contributed by atoms with E-state index in [1.807, 2.05) is 38.2 Å². The molecule has 4 rings (SSSR count). The fraction of sp³-hybridized carbons (Fsp3) is 0.417. The predicted molar refractivity (Wildman–Crippen MR) is 117 cm³/mol. The molecule has 1 aromatic carbocycles. The molecular formula is C24H30N4O2. The van der Waals surface area contributed by atoms with Crippen molar-refractivity contribution in [1.82, 2.24) is 19.8 Å². The summed E-state index contributed by atoms with van der Waals surface area (Å²) < 4.78 is 11.3. The Bertz CT molecular complexity index is 1010. The molecule has 158 valence electrons. The third-order valence-electron chi connectivity index (χ3n) is 5.86. The standard InChI is InChI=1S/C24H30N4O2/c1-17-6-5-9-25-21(17)15-27-10-12-28(13-11-27)16-22-19(3)30-24(26-22)20-7-8-23(29-4)18(2)14-20/h5-9,14H,10-13,15-16H2,1-4H3. The molecule has 0 atom stereocenters. The van der Waals surface area contributed by atoms with Crippen molar-refractivity contribution in [3.8, 4) is 17.2 Å². The van der Waals surface area contributed by atoms with Crippen LogP contribution in [0.5, 0.6) is 5.75 Å². The quantitative estimate of drug-likeness (QED) is 0.617. The molecule has 0 unspecified atom stereocenters. The Morgan fingerprint density at radius 2 is 1.63 bits per heavy atom. The molecule has 0 saturated carbocycles. The maximum atomic E-state index is 5.99. The van der Waals surface area contributed by atoms with Gasteiger partial charge in [0, 0.05) is 51.0 Å². The van der Waals surface area contributed by atoms with Gasteiger partial charge in [0.05, 0.1) is 18.5 Å². The summed E-state index contributed by atoms with van der Waals surface area (Å²) >= 11 is 0. The summed E-state index contributed by atoms with van der Waals surface area (Å²) in [7, 11) is 1.69. The van der Waals surface area contributed by atoms with Gasteiger partial charge in [0.15, 0.2) is 0 Å². The summed E-state index contributed by atoms with van der Waals surface area (Å²) in [5, 5.41) is 0. The average Bonchev–Trinajstić information content (AvgIpc) is 3.11. The van der Waals surface area contributed by atoms with Gasteiger partial charge in [0.25, 0.3) is 0 Å². The van der Waals surface area contributed by atoms with E-state index in [0.717, 1.165) is 67.6 Å². The van der Waals surface area contributed by atoms with E-state index in [9.17, 15) is 0 Å². The molecule has 3 heterocycles. The summed E-state index contributed by atoms with van der Waals surface area (Å²) in [6.07, 6.45) is 1.88. The Morgan fingerprint density at radius 3 is 2.27 bits per heavy atom. The molecule has 0 aliphatic carbocycles. The van der Waals surface area contributed by atoms with Gasteiger partial charge in [0.1, 0.15) is 11.5 Å². The van der Waals surface area contributed by atoms with Crippen molar-refractivity contribution in [3.63, 3.8) is 0 Å². The Balaban J connectivity index is 1.37. The van der Waals surface area contributed by atoms with Gasteiger partial charge < -0.3 is 9.15 Å². The van der Waals surface area contributed by atoms with Gasteiger partial charge in [-0.3, -0.25) is 14.8 Å². The number of pyridine rings is 1. The highest BCUT2D eigenvalue weighted by Crippen LogP contribution is 2.27. The van der Waals surface area contributed by atoms with Gasteiger partial charge in [-0.1, -0.05) is 6.07 Å². The van der Waals surface area contributed by atoms with Crippen molar-refractivity contribution < 1.29 is 9.15 Å². The lowest BCUT2D eigenvalue weighted by Gasteiger charge is -2.34. The number of aromatic nitrogens is 2. The molecule has 0 spiro atoms. The SMILES string of the molecule is COc1ccc(-c2nc(CN3CCN(Cc4ncccc4C)CC3)c(C)o2)cc1C. The van der Waals surface area contributed by atoms with Crippen molar-refractivity contribution >= 4 is 0 Å². The zero-order chi connectivity index (χ0) is 21.1. The largest absolute Gasteiger partial charge is 0.496 e. The molecule has 0 N–H and O–H groups in total. The Labute approximate surface area is 178 Å². The maximum absolute atomic E-state index is 5.99. The third kappa shape index (κ3) is 4.55. The number of aryl methyl sites for hydroxylation is 3. The predicted octanol–water partition coefficient (Wildman–Crippen LogP) is 3.99. The molecule has 1 fully saturated rings. The highest BCUT2D eigenvalue weighted by Gasteiger charge is 2.21. The minimum atomic E-state index is 0.678. The minimum absolute atomic E-state index is 0.678. The van der Waals surface area contributed by atoms with Crippen molar-refractivity contribution in [1.29, 1.82) is 0 Å². The van der Waals surface area contributed by atoms with Crippen LogP contribution in [0.1, 0.15) is 28.3 Å². The molecule has 0 radical (unpaired) electrons. The van der Waals surface area contributed by atoms with Crippen LogP contribution in [0, 0.1) is 20.8 Å². The molecule has 1 aliphatic rings. The number of oxazole rings is 1. The second-order valence-corrected chi connectivity index (χ2v) is 8.03. The van der Waals surface area contributed by atoms with E-state index in [1.165, 1.54) is 11.3 Å². The molecule has 6 heteroatoms. The van der Waals surface area contributed by atoms with Gasteiger partial charge in [-0.15, -0.1) is 0 Å². The van der Waals surface area contributed by atoms with Gasteiger partial charge in [-0.25, -0.2) is 4.98 Å². The zero-order valence-corrected chi connectivity index (χ0v) is 18.3. The first kappa shape index (κ1) is 20.6. The van der Waals surface area contributed by atoms with Crippen molar-refractivity contribution in [2.24, 2.45) is 0 Å². The summed E-state index contributed by atoms with van der Waals surface area (Å²) in [4.78, 5) is 14.3. The van der Waals surface area contributed by atoms with Gasteiger partial charge >= 0.3 is 0 Å². The highest BCUT2D eigenvalue weighted by molar-refractivity contribution is 5.57. The smallest absolute Gasteiger partial charge is 0.226 e. The summed E-state index contributed by atoms with van der Waals surface area (Å²) in [5.74, 6) is 2.45. The topological polar surface area (TPSA) is 54.6 Å². The maximum Gasteiger partial charge on any atom is 0.226 e. The molecular weight excluding hydrogens is 376 g/mol. The Morgan fingerprint density at radius 1 is 0.933 bits per heavy atom. The molecule has 0 amide bonds. The molecule has 30 heavy (non-hydrogen) atoms. The fourth-order valence-electron chi connectivity index (χ4n) is 3.92. The molecule has 6 nitrogen and oxygen atoms in total. The number of nitrogens with zero attached hydrogens (tertiary/aromatic N) is 4. The lowest BCUT2D eigenvalue weighted by molar-refractivity contribution is 0.119. The summed E-state index contributed by atoms with van der Waals surface area (Å²) in [5.41, 5.74) is 5.52. The van der Waals surface area contributed by atoms with Crippen LogP contribution in [-0.2, 0) is 13.1 Å². The third-order valence-corrected chi connectivity index (χ3v) is 5.86. The van der Waals surface area contributed by atoms with Crippen molar-refractivity contribution in [2.75, 3.05) is 33.3 Å². The average molecular weight is 407 g/mol. The van der Waals surface area contributed by atoms with E-state index in [0.29, 0.717) is 5.89 Å². The minimum Gasteiger partial charge on any atom is -0.496 e. The molecule has 1 saturated heterocycles. The number of hydrogen-bond donors (Lipinski definition) is 0. The van der Waals surface area contributed by atoms with Crippen LogP contribution in [0.25, 0.3) is 11.5 Å². The first-order valence-electron chi connectivity index (χ1n) is 10.5. The van der Waals surface area contributed by atoms with Crippen LogP contribution < -0.4 is 4.74 Å². The van der Waals surface area contributed by atoms with Crippen LogP contribution in [0.4, 0.5) is 0 Å². The zero-order valence-electron chi connectivity index (χ0n) is 18.3. The van der Waals surface area contributed by atoms with Crippen LogP contribution in [0.15, 0.2) is 40.9 Å². The lowest BCUT2D eigenvalue weighted by atomic mass is 10.1. The number of rotatable bonds is 6. The number of hydrogen-bond acceptors (Lipinski definition) is 6. The van der Waals surface area contributed by atoms with E-state index in [2.05, 4.69) is 33.8 Å². The first-order chi connectivity index (χ1) is 14.5. The second-order valence-electron chi connectivity index (χ2n) is 8.03. The van der Waals surface area contributed by atoms with E-state index >= 15 is 0 Å². The normalized spacial score (nSPS) is 15.5. The van der Waals surface area contributed by atoms with Crippen LogP contribution >= 0.6 is 0 Å². The monoisotopic (exact) mass is 406 g/mol. The summed E-state index contributed by atoms with van der Waals surface area (Å²) in [6, 6.07) is 10.2. The van der Waals surface area contributed by atoms with Crippen molar-refractivity contribution in [2.45, 2.75) is 33.9 Å². The van der Waals surface area contributed by atoms with Crippen molar-refractivity contribution in [3.05, 3.63) is 64.8 Å². The van der Waals surface area contributed by atoms with Gasteiger partial charge in [0.2, 0.25) is 5.89 Å². The highest BCUT2D eigenvalue weighted by atomic mass is 16.5. The van der Waals surface area contributed by atoms with Crippen LogP contribution in [0.3, 0.4) is 0 Å².